The third-order valence-electron chi connectivity index (χ3n) is 1.99. The van der Waals surface area contributed by atoms with Crippen LogP contribution in [0.2, 0.25) is 0 Å². The van der Waals surface area contributed by atoms with E-state index in [1.165, 1.54) is 12.5 Å². The molecule has 0 aliphatic heterocycles. The molecule has 15 heavy (non-hydrogen) atoms. The van der Waals surface area contributed by atoms with E-state index in [2.05, 4.69) is 24.1 Å². The van der Waals surface area contributed by atoms with E-state index >= 15 is 0 Å². The molecule has 4 heteroatoms. The highest BCUT2D eigenvalue weighted by Gasteiger charge is 2.00. The van der Waals surface area contributed by atoms with Crippen LogP contribution in [0.25, 0.3) is 0 Å². The Morgan fingerprint density at radius 1 is 1.20 bits per heavy atom. The lowest BCUT2D eigenvalue weighted by Gasteiger charge is -2.05. The van der Waals surface area contributed by atoms with Crippen molar-refractivity contribution in [2.24, 2.45) is 0 Å². The molecule has 0 aromatic rings. The summed E-state index contributed by atoms with van der Waals surface area (Å²) >= 11 is 0. The van der Waals surface area contributed by atoms with Gasteiger partial charge in [0.15, 0.2) is 0 Å². The molecule has 2 amide bonds. The van der Waals surface area contributed by atoms with Crippen LogP contribution in [-0.4, -0.2) is 18.5 Å². The largest absolute Gasteiger partial charge is 0.339 e. The van der Waals surface area contributed by atoms with Gasteiger partial charge in [-0.2, -0.15) is 0 Å². The Morgan fingerprint density at radius 3 is 2.53 bits per heavy atom. The van der Waals surface area contributed by atoms with E-state index in [1.54, 1.807) is 0 Å². The smallest absolute Gasteiger partial charge is 0.244 e. The van der Waals surface area contributed by atoms with E-state index in [-0.39, 0.29) is 18.5 Å². The highest BCUT2D eigenvalue weighted by Crippen LogP contribution is 2.01. The Bertz CT molecular complexity index is 215. The molecule has 0 aliphatic rings. The summed E-state index contributed by atoms with van der Waals surface area (Å²) in [6.07, 6.45) is 6.03. The first-order valence-electron chi connectivity index (χ1n) is 5.37. The summed E-state index contributed by atoms with van der Waals surface area (Å²) in [5.41, 5.74) is 0. The summed E-state index contributed by atoms with van der Waals surface area (Å²) in [7, 11) is 0. The highest BCUT2D eigenvalue weighted by atomic mass is 16.2. The second kappa shape index (κ2) is 9.24. The minimum Gasteiger partial charge on any atom is -0.339 e. The molecule has 0 bridgehead atoms. The average Bonchev–Trinajstić information content (AvgIpc) is 2.24. The fourth-order valence-electron chi connectivity index (χ4n) is 1.10. The predicted octanol–water partition coefficient (Wildman–Crippen LogP) is 1.33. The lowest BCUT2D eigenvalue weighted by atomic mass is 10.1. The van der Waals surface area contributed by atoms with Crippen molar-refractivity contribution < 1.29 is 9.59 Å². The number of nitrogens with one attached hydrogen (secondary N) is 2. The fourth-order valence-corrected chi connectivity index (χ4v) is 1.10. The normalized spacial score (nSPS) is 9.40. The molecule has 0 aromatic heterocycles. The van der Waals surface area contributed by atoms with Crippen LogP contribution in [0.3, 0.4) is 0 Å². The van der Waals surface area contributed by atoms with Gasteiger partial charge in [0.2, 0.25) is 11.8 Å². The molecule has 0 rings (SSSR count). The molecular weight excluding hydrogens is 192 g/mol. The minimum atomic E-state index is -0.277. The molecule has 0 fully saturated rings. The van der Waals surface area contributed by atoms with Gasteiger partial charge in [0, 0.05) is 6.42 Å². The fraction of sp³-hybridized carbons (Fsp3) is 0.636. The molecule has 0 unspecified atom stereocenters. The molecule has 0 atom stereocenters. The maximum Gasteiger partial charge on any atom is 0.244 e. The molecule has 0 radical (unpaired) electrons. The second-order valence-electron chi connectivity index (χ2n) is 3.33. The van der Waals surface area contributed by atoms with Gasteiger partial charge in [-0.15, -0.1) is 0 Å². The Hall–Kier alpha value is -1.32. The number of amides is 2. The number of hydrogen-bond donors (Lipinski definition) is 2. The summed E-state index contributed by atoms with van der Waals surface area (Å²) in [5, 5.41) is 5.08. The van der Waals surface area contributed by atoms with Crippen LogP contribution in [0.15, 0.2) is 12.7 Å². The third kappa shape index (κ3) is 9.00. The molecule has 0 saturated carbocycles. The Morgan fingerprint density at radius 2 is 1.93 bits per heavy atom. The zero-order chi connectivity index (χ0) is 11.5. The number of carbonyl (C=O) groups is 2. The van der Waals surface area contributed by atoms with Crippen molar-refractivity contribution in [2.45, 2.75) is 39.0 Å². The van der Waals surface area contributed by atoms with E-state index in [4.69, 9.17) is 0 Å². The Labute approximate surface area is 91.1 Å². The van der Waals surface area contributed by atoms with E-state index in [0.717, 1.165) is 19.3 Å². The van der Waals surface area contributed by atoms with Gasteiger partial charge in [-0.3, -0.25) is 9.59 Å². The van der Waals surface area contributed by atoms with E-state index in [9.17, 15) is 9.59 Å². The second-order valence-corrected chi connectivity index (χ2v) is 3.33. The van der Waals surface area contributed by atoms with Crippen LogP contribution in [0, 0.1) is 0 Å². The molecule has 0 aliphatic carbocycles. The molecule has 86 valence electrons. The van der Waals surface area contributed by atoms with Crippen LogP contribution in [0.4, 0.5) is 0 Å². The summed E-state index contributed by atoms with van der Waals surface area (Å²) in [6, 6.07) is 0. The molecule has 4 nitrogen and oxygen atoms in total. The maximum atomic E-state index is 11.2. The lowest BCUT2D eigenvalue weighted by molar-refractivity contribution is -0.121. The van der Waals surface area contributed by atoms with Crippen molar-refractivity contribution in [3.63, 3.8) is 0 Å². The Balaban J connectivity index is 3.33. The molecule has 0 heterocycles. The van der Waals surface area contributed by atoms with Gasteiger partial charge in [-0.1, -0.05) is 32.8 Å². The first-order chi connectivity index (χ1) is 7.20. The topological polar surface area (TPSA) is 58.2 Å². The van der Waals surface area contributed by atoms with Crippen LogP contribution in [-0.2, 0) is 9.59 Å². The average molecular weight is 212 g/mol. The molecule has 0 saturated heterocycles. The lowest BCUT2D eigenvalue weighted by Crippen LogP contribution is -2.36. The zero-order valence-electron chi connectivity index (χ0n) is 9.34. The van der Waals surface area contributed by atoms with Gasteiger partial charge in [-0.25, -0.2) is 0 Å². The summed E-state index contributed by atoms with van der Waals surface area (Å²) < 4.78 is 0. The quantitative estimate of drug-likeness (QED) is 0.362. The van der Waals surface area contributed by atoms with Gasteiger partial charge in [-0.05, 0) is 12.5 Å². The monoisotopic (exact) mass is 212 g/mol. The molecule has 0 spiro atoms. The first kappa shape index (κ1) is 13.7. The molecule has 2 N–H and O–H groups in total. The number of rotatable bonds is 8. The maximum absolute atomic E-state index is 11.2. The van der Waals surface area contributed by atoms with E-state index < -0.39 is 0 Å². The predicted molar refractivity (Wildman–Crippen MR) is 60.1 cm³/mol. The van der Waals surface area contributed by atoms with Crippen molar-refractivity contribution in [1.82, 2.24) is 10.6 Å². The first-order valence-corrected chi connectivity index (χ1v) is 5.37. The number of hydrogen-bond acceptors (Lipinski definition) is 2. The van der Waals surface area contributed by atoms with Gasteiger partial charge in [0.05, 0.1) is 6.67 Å². The van der Waals surface area contributed by atoms with Crippen LogP contribution in [0.5, 0.6) is 0 Å². The highest BCUT2D eigenvalue weighted by molar-refractivity contribution is 5.87. The molecular formula is C11H20N2O2. The minimum absolute atomic E-state index is 0.0181. The van der Waals surface area contributed by atoms with Crippen molar-refractivity contribution in [3.05, 3.63) is 12.7 Å². The molecule has 0 aromatic carbocycles. The van der Waals surface area contributed by atoms with Crippen LogP contribution < -0.4 is 10.6 Å². The standard InChI is InChI=1S/C11H20N2O2/c1-3-5-6-7-8-11(15)13-9-12-10(14)4-2/h4H,2-3,5-9H2,1H3,(H,12,14)(H,13,15). The van der Waals surface area contributed by atoms with Crippen molar-refractivity contribution in [1.29, 1.82) is 0 Å². The van der Waals surface area contributed by atoms with Gasteiger partial charge in [0.1, 0.15) is 0 Å². The number of unbranched alkanes of at least 4 members (excludes halogenated alkanes) is 3. The van der Waals surface area contributed by atoms with Crippen LogP contribution in [0.1, 0.15) is 39.0 Å². The summed E-state index contributed by atoms with van der Waals surface area (Å²) in [5.74, 6) is -0.295. The van der Waals surface area contributed by atoms with Crippen molar-refractivity contribution in [3.8, 4) is 0 Å². The van der Waals surface area contributed by atoms with E-state index in [0.29, 0.717) is 6.42 Å². The Kier molecular flexibility index (Phi) is 8.43. The van der Waals surface area contributed by atoms with Crippen molar-refractivity contribution in [2.75, 3.05) is 6.67 Å². The van der Waals surface area contributed by atoms with Gasteiger partial charge < -0.3 is 10.6 Å². The van der Waals surface area contributed by atoms with Gasteiger partial charge in [0.25, 0.3) is 0 Å². The van der Waals surface area contributed by atoms with E-state index in [1.807, 2.05) is 0 Å². The summed E-state index contributed by atoms with van der Waals surface area (Å²) in [6.45, 7) is 5.61. The third-order valence-corrected chi connectivity index (χ3v) is 1.99. The van der Waals surface area contributed by atoms with Crippen molar-refractivity contribution >= 4 is 11.8 Å². The SMILES string of the molecule is C=CC(=O)NCNC(=O)CCCCCC. The summed E-state index contributed by atoms with van der Waals surface area (Å²) in [4.78, 5) is 21.9. The van der Waals surface area contributed by atoms with Crippen LogP contribution >= 0.6 is 0 Å². The zero-order valence-corrected chi connectivity index (χ0v) is 9.34. The number of carbonyl (C=O) groups excluding carboxylic acids is 2. The van der Waals surface area contributed by atoms with Gasteiger partial charge >= 0.3 is 0 Å².